The predicted molar refractivity (Wildman–Crippen MR) is 67.1 cm³/mol. The zero-order chi connectivity index (χ0) is 11.4. The number of nitrogen functional groups attached to an aromatic ring is 1. The molecule has 16 heavy (non-hydrogen) atoms. The fourth-order valence-electron chi connectivity index (χ4n) is 1.54. The van der Waals surface area contributed by atoms with Crippen molar-refractivity contribution < 1.29 is 0 Å². The molecule has 3 heteroatoms. The van der Waals surface area contributed by atoms with Crippen molar-refractivity contribution in [1.29, 1.82) is 0 Å². The molecule has 1 atom stereocenters. The minimum atomic E-state index is 0.234. The molecule has 1 unspecified atom stereocenters. The van der Waals surface area contributed by atoms with Crippen molar-refractivity contribution in [3.8, 4) is 0 Å². The number of aromatic nitrogens is 1. The molecule has 2 aromatic rings. The van der Waals surface area contributed by atoms with E-state index in [1.54, 1.807) is 6.20 Å². The molecule has 3 nitrogen and oxygen atoms in total. The van der Waals surface area contributed by atoms with Crippen molar-refractivity contribution >= 4 is 11.4 Å². The van der Waals surface area contributed by atoms with Crippen LogP contribution in [0.4, 0.5) is 11.4 Å². The second-order valence-electron chi connectivity index (χ2n) is 3.77. The first-order valence-corrected chi connectivity index (χ1v) is 5.28. The van der Waals surface area contributed by atoms with Crippen molar-refractivity contribution in [2.24, 2.45) is 0 Å². The molecule has 0 radical (unpaired) electrons. The molecule has 0 bridgehead atoms. The van der Waals surface area contributed by atoms with E-state index < -0.39 is 0 Å². The van der Waals surface area contributed by atoms with Gasteiger partial charge in [0.2, 0.25) is 0 Å². The van der Waals surface area contributed by atoms with Gasteiger partial charge in [-0.05, 0) is 42.8 Å². The van der Waals surface area contributed by atoms with E-state index >= 15 is 0 Å². The van der Waals surface area contributed by atoms with E-state index in [9.17, 15) is 0 Å². The highest BCUT2D eigenvalue weighted by Gasteiger charge is 2.04. The normalized spacial score (nSPS) is 12.1. The molecule has 0 saturated carbocycles. The lowest BCUT2D eigenvalue weighted by atomic mass is 10.1. The number of nitrogens with one attached hydrogen (secondary N) is 1. The van der Waals surface area contributed by atoms with Gasteiger partial charge in [-0.25, -0.2) is 0 Å². The van der Waals surface area contributed by atoms with Gasteiger partial charge in [0.1, 0.15) is 0 Å². The average molecular weight is 213 g/mol. The number of hydrogen-bond donors (Lipinski definition) is 2. The number of nitrogens with zero attached hydrogens (tertiary/aromatic N) is 1. The predicted octanol–water partition coefficient (Wildman–Crippen LogP) is 2.84. The third kappa shape index (κ3) is 2.51. The summed E-state index contributed by atoms with van der Waals surface area (Å²) in [5.74, 6) is 0. The topological polar surface area (TPSA) is 50.9 Å². The SMILES string of the molecule is CC(Nc1ccc(N)cc1)c1cccnc1. The maximum atomic E-state index is 5.63. The summed E-state index contributed by atoms with van der Waals surface area (Å²) in [4.78, 5) is 4.10. The van der Waals surface area contributed by atoms with Crippen LogP contribution in [0, 0.1) is 0 Å². The van der Waals surface area contributed by atoms with Crippen LogP contribution < -0.4 is 11.1 Å². The van der Waals surface area contributed by atoms with E-state index in [4.69, 9.17) is 5.73 Å². The van der Waals surface area contributed by atoms with Gasteiger partial charge in [-0.2, -0.15) is 0 Å². The quantitative estimate of drug-likeness (QED) is 0.771. The molecule has 0 aliphatic heterocycles. The summed E-state index contributed by atoms with van der Waals surface area (Å²) in [6.45, 7) is 2.10. The molecule has 0 saturated heterocycles. The van der Waals surface area contributed by atoms with E-state index in [0.29, 0.717) is 0 Å². The maximum absolute atomic E-state index is 5.63. The van der Waals surface area contributed by atoms with E-state index in [2.05, 4.69) is 23.3 Å². The average Bonchev–Trinajstić information content (AvgIpc) is 2.33. The molecule has 3 N–H and O–H groups in total. The molecule has 1 heterocycles. The number of hydrogen-bond acceptors (Lipinski definition) is 3. The second-order valence-corrected chi connectivity index (χ2v) is 3.77. The van der Waals surface area contributed by atoms with Crippen LogP contribution in [0.25, 0.3) is 0 Å². The van der Waals surface area contributed by atoms with Crippen LogP contribution in [0.5, 0.6) is 0 Å². The number of anilines is 2. The summed E-state index contributed by atoms with van der Waals surface area (Å²) in [6.07, 6.45) is 3.65. The van der Waals surface area contributed by atoms with E-state index in [0.717, 1.165) is 11.4 Å². The Morgan fingerprint density at radius 2 is 1.94 bits per heavy atom. The Bertz CT molecular complexity index is 436. The fourth-order valence-corrected chi connectivity index (χ4v) is 1.54. The van der Waals surface area contributed by atoms with Crippen LogP contribution >= 0.6 is 0 Å². The summed E-state index contributed by atoms with van der Waals surface area (Å²) in [5, 5.41) is 3.39. The summed E-state index contributed by atoms with van der Waals surface area (Å²) in [7, 11) is 0. The first-order valence-electron chi connectivity index (χ1n) is 5.28. The Balaban J connectivity index is 2.08. The van der Waals surface area contributed by atoms with Crippen molar-refractivity contribution in [1.82, 2.24) is 4.98 Å². The third-order valence-electron chi connectivity index (χ3n) is 2.48. The van der Waals surface area contributed by atoms with E-state index in [1.165, 1.54) is 5.56 Å². The first kappa shape index (κ1) is 10.5. The summed E-state index contributed by atoms with van der Waals surface area (Å²) in [5.41, 5.74) is 8.63. The van der Waals surface area contributed by atoms with Crippen molar-refractivity contribution in [3.05, 3.63) is 54.4 Å². The summed E-state index contributed by atoms with van der Waals surface area (Å²) < 4.78 is 0. The molecular formula is C13H15N3. The number of benzene rings is 1. The molecule has 1 aromatic carbocycles. The molecule has 2 rings (SSSR count). The van der Waals surface area contributed by atoms with Crippen LogP contribution in [0.3, 0.4) is 0 Å². The van der Waals surface area contributed by atoms with Crippen LogP contribution in [0.15, 0.2) is 48.8 Å². The van der Waals surface area contributed by atoms with Gasteiger partial charge < -0.3 is 11.1 Å². The van der Waals surface area contributed by atoms with Crippen LogP contribution in [0.2, 0.25) is 0 Å². The van der Waals surface area contributed by atoms with Gasteiger partial charge >= 0.3 is 0 Å². The lowest BCUT2D eigenvalue weighted by molar-refractivity contribution is 0.876. The zero-order valence-corrected chi connectivity index (χ0v) is 9.22. The molecular weight excluding hydrogens is 198 g/mol. The third-order valence-corrected chi connectivity index (χ3v) is 2.48. The molecule has 0 fully saturated rings. The molecule has 0 aliphatic rings. The van der Waals surface area contributed by atoms with Gasteiger partial charge in [0.25, 0.3) is 0 Å². The first-order chi connectivity index (χ1) is 7.75. The lowest BCUT2D eigenvalue weighted by Gasteiger charge is -2.15. The van der Waals surface area contributed by atoms with Crippen LogP contribution in [-0.2, 0) is 0 Å². The molecule has 0 aliphatic carbocycles. The van der Waals surface area contributed by atoms with Gasteiger partial charge in [0.15, 0.2) is 0 Å². The standard InChI is InChI=1S/C13H15N3/c1-10(11-3-2-8-15-9-11)16-13-6-4-12(14)5-7-13/h2-10,16H,14H2,1H3. The molecule has 82 valence electrons. The zero-order valence-electron chi connectivity index (χ0n) is 9.22. The molecule has 0 amide bonds. The number of pyridine rings is 1. The maximum Gasteiger partial charge on any atom is 0.0500 e. The van der Waals surface area contributed by atoms with Crippen molar-refractivity contribution in [3.63, 3.8) is 0 Å². The van der Waals surface area contributed by atoms with Gasteiger partial charge in [0, 0.05) is 23.8 Å². The minimum Gasteiger partial charge on any atom is -0.399 e. The van der Waals surface area contributed by atoms with E-state index in [-0.39, 0.29) is 6.04 Å². The van der Waals surface area contributed by atoms with Crippen LogP contribution in [0.1, 0.15) is 18.5 Å². The highest BCUT2D eigenvalue weighted by molar-refractivity contribution is 5.52. The van der Waals surface area contributed by atoms with Gasteiger partial charge in [0.05, 0.1) is 6.04 Å². The Morgan fingerprint density at radius 1 is 1.19 bits per heavy atom. The Morgan fingerprint density at radius 3 is 2.56 bits per heavy atom. The van der Waals surface area contributed by atoms with Gasteiger partial charge in [-0.1, -0.05) is 6.07 Å². The largest absolute Gasteiger partial charge is 0.399 e. The highest BCUT2D eigenvalue weighted by Crippen LogP contribution is 2.18. The van der Waals surface area contributed by atoms with E-state index in [1.807, 2.05) is 36.5 Å². The molecule has 1 aromatic heterocycles. The van der Waals surface area contributed by atoms with Gasteiger partial charge in [-0.15, -0.1) is 0 Å². The van der Waals surface area contributed by atoms with Crippen LogP contribution in [-0.4, -0.2) is 4.98 Å². The Hall–Kier alpha value is -2.03. The lowest BCUT2D eigenvalue weighted by Crippen LogP contribution is -2.06. The van der Waals surface area contributed by atoms with Crippen molar-refractivity contribution in [2.45, 2.75) is 13.0 Å². The van der Waals surface area contributed by atoms with Crippen molar-refractivity contribution in [2.75, 3.05) is 11.1 Å². The highest BCUT2D eigenvalue weighted by atomic mass is 14.9. The monoisotopic (exact) mass is 213 g/mol. The Kier molecular flexibility index (Phi) is 3.05. The number of nitrogens with two attached hydrogens (primary N) is 1. The summed E-state index contributed by atoms with van der Waals surface area (Å²) >= 11 is 0. The second kappa shape index (κ2) is 4.66. The van der Waals surface area contributed by atoms with Gasteiger partial charge in [-0.3, -0.25) is 4.98 Å². The summed E-state index contributed by atoms with van der Waals surface area (Å²) in [6, 6.07) is 12.0. The molecule has 0 spiro atoms. The minimum absolute atomic E-state index is 0.234. The fraction of sp³-hybridized carbons (Fsp3) is 0.154. The Labute approximate surface area is 95.3 Å². The smallest absolute Gasteiger partial charge is 0.0500 e. The number of rotatable bonds is 3.